The van der Waals surface area contributed by atoms with Crippen LogP contribution in [0.1, 0.15) is 61.7 Å². The fourth-order valence-electron chi connectivity index (χ4n) is 4.03. The van der Waals surface area contributed by atoms with Gasteiger partial charge in [0.2, 0.25) is 0 Å². The Kier molecular flexibility index (Phi) is 9.46. The van der Waals surface area contributed by atoms with Crippen molar-refractivity contribution >= 4 is 71.8 Å². The predicted octanol–water partition coefficient (Wildman–Crippen LogP) is 4.67. The van der Waals surface area contributed by atoms with Crippen LogP contribution in [0.25, 0.3) is 19.3 Å². The number of Topliss-reactive ketones (excluding diaryl/α,β-unsaturated/α-hetero) is 2. The number of hydrogen-bond donors (Lipinski definition) is 2. The fourth-order valence-corrected chi connectivity index (χ4v) is 8.69. The van der Waals surface area contributed by atoms with Crippen LogP contribution in [-0.4, -0.2) is 75.9 Å². The molecule has 0 saturated heterocycles. The maximum atomic E-state index is 12.3. The number of benzene rings is 2. The first-order valence-electron chi connectivity index (χ1n) is 12.4. The molecular weight excluding hydrogens is 634 g/mol. The Bertz CT molecular complexity index is 1450. The number of rotatable bonds is 14. The van der Waals surface area contributed by atoms with Crippen LogP contribution in [0.2, 0.25) is 0 Å². The summed E-state index contributed by atoms with van der Waals surface area (Å²) < 4.78 is 15.6. The Labute approximate surface area is 237 Å². The Morgan fingerprint density at radius 3 is 1.44 bits per heavy atom. The van der Waals surface area contributed by atoms with E-state index >= 15 is 0 Å². The summed E-state index contributed by atoms with van der Waals surface area (Å²) in [5.74, 6) is -0.651. The van der Waals surface area contributed by atoms with Gasteiger partial charge in [0.05, 0.1) is 0 Å². The average Bonchev–Trinajstić information content (AvgIpc) is 3.49. The van der Waals surface area contributed by atoms with Gasteiger partial charge in [-0.15, -0.1) is 0 Å². The molecular formula is C29H28O8Se2. The van der Waals surface area contributed by atoms with E-state index in [0.717, 1.165) is 41.9 Å². The molecule has 0 spiro atoms. The third kappa shape index (κ3) is 7.49. The van der Waals surface area contributed by atoms with Crippen LogP contribution >= 0.6 is 0 Å². The molecule has 2 aromatic heterocycles. The van der Waals surface area contributed by atoms with Gasteiger partial charge < -0.3 is 0 Å². The third-order valence-electron chi connectivity index (χ3n) is 6.11. The van der Waals surface area contributed by atoms with Gasteiger partial charge in [-0.05, 0) is 0 Å². The number of aryl methyl sites for hydroxylation is 2. The molecule has 0 atom stereocenters. The van der Waals surface area contributed by atoms with Gasteiger partial charge in [0.1, 0.15) is 0 Å². The molecule has 2 aromatic carbocycles. The first-order valence-corrected chi connectivity index (χ1v) is 15.9. The number of carbonyl (C=O) groups excluding carboxylic acids is 2. The number of carboxylic acid groups (broad SMARTS) is 2. The molecule has 4 rings (SSSR count). The average molecular weight is 662 g/mol. The molecule has 204 valence electrons. The summed E-state index contributed by atoms with van der Waals surface area (Å²) in [5.41, 5.74) is 1.97. The van der Waals surface area contributed by atoms with Crippen molar-refractivity contribution in [2.24, 2.45) is 0 Å². The van der Waals surface area contributed by atoms with Crippen molar-refractivity contribution < 1.29 is 38.9 Å². The van der Waals surface area contributed by atoms with E-state index in [1.807, 2.05) is 50.2 Å². The third-order valence-corrected chi connectivity index (χ3v) is 10.9. The van der Waals surface area contributed by atoms with Gasteiger partial charge in [0, 0.05) is 0 Å². The molecule has 0 radical (unpaired) electrons. The van der Waals surface area contributed by atoms with Crippen LogP contribution < -0.4 is 9.47 Å². The molecule has 4 aromatic rings. The van der Waals surface area contributed by atoms with Crippen LogP contribution in [-0.2, 0) is 9.59 Å². The fraction of sp³-hybridized carbons (Fsp3) is 0.310. The summed E-state index contributed by atoms with van der Waals surface area (Å²) in [6, 6.07) is 11.7. The van der Waals surface area contributed by atoms with Crippen molar-refractivity contribution in [2.75, 3.05) is 13.2 Å². The molecule has 0 unspecified atom stereocenters. The molecule has 0 saturated carbocycles. The quantitative estimate of drug-likeness (QED) is 0.113. The molecule has 39 heavy (non-hydrogen) atoms. The summed E-state index contributed by atoms with van der Waals surface area (Å²) in [4.78, 5) is 46.2. The van der Waals surface area contributed by atoms with Crippen molar-refractivity contribution in [3.8, 4) is 11.5 Å². The zero-order valence-corrected chi connectivity index (χ0v) is 25.0. The number of ether oxygens (including phenoxy) is 2. The molecule has 2 N–H and O–H groups in total. The SMILES string of the molecule is Cc1cc2[se]c(C(=O)CCC(=O)O)cc2cc1OCCCOc1cc2cc(C(=O)CCC(=O)O)[se]c2cc1C. The first-order chi connectivity index (χ1) is 18.6. The van der Waals surface area contributed by atoms with Gasteiger partial charge >= 0.3 is 238 Å². The van der Waals surface area contributed by atoms with Crippen LogP contribution in [0.4, 0.5) is 0 Å². The summed E-state index contributed by atoms with van der Waals surface area (Å²) in [6.07, 6.45) is 0.383. The number of fused-ring (bicyclic) bond motifs is 2. The van der Waals surface area contributed by atoms with E-state index in [9.17, 15) is 19.2 Å². The van der Waals surface area contributed by atoms with E-state index in [2.05, 4.69) is 0 Å². The second-order valence-corrected chi connectivity index (χ2v) is 13.8. The normalized spacial score (nSPS) is 11.1. The second kappa shape index (κ2) is 12.8. The predicted molar refractivity (Wildman–Crippen MR) is 149 cm³/mol. The topological polar surface area (TPSA) is 127 Å². The second-order valence-electron chi connectivity index (χ2n) is 9.22. The van der Waals surface area contributed by atoms with Crippen molar-refractivity contribution in [3.05, 3.63) is 56.4 Å². The zero-order valence-electron chi connectivity index (χ0n) is 21.6. The number of carboxylic acids is 2. The van der Waals surface area contributed by atoms with Crippen LogP contribution in [0.5, 0.6) is 11.5 Å². The molecule has 0 aliphatic heterocycles. The van der Waals surface area contributed by atoms with Crippen LogP contribution in [0.15, 0.2) is 36.4 Å². The van der Waals surface area contributed by atoms with E-state index in [0.29, 0.717) is 28.5 Å². The molecule has 2 heterocycles. The molecule has 0 fully saturated rings. The molecule has 8 nitrogen and oxygen atoms in total. The van der Waals surface area contributed by atoms with E-state index in [-0.39, 0.29) is 66.3 Å². The van der Waals surface area contributed by atoms with Crippen molar-refractivity contribution in [1.29, 1.82) is 0 Å². The van der Waals surface area contributed by atoms with Crippen molar-refractivity contribution in [1.82, 2.24) is 0 Å². The van der Waals surface area contributed by atoms with Crippen molar-refractivity contribution in [2.45, 2.75) is 46.0 Å². The summed E-state index contributed by atoms with van der Waals surface area (Å²) >= 11 is -0.253. The van der Waals surface area contributed by atoms with Gasteiger partial charge in [-0.2, -0.15) is 0 Å². The van der Waals surface area contributed by atoms with E-state index in [1.165, 1.54) is 0 Å². The van der Waals surface area contributed by atoms with Gasteiger partial charge in [-0.3, -0.25) is 0 Å². The minimum absolute atomic E-state index is 0.0200. The molecule has 10 heteroatoms. The summed E-state index contributed by atoms with van der Waals surface area (Å²) in [6.45, 7) is 4.84. The number of hydrogen-bond acceptors (Lipinski definition) is 6. The Morgan fingerprint density at radius 1 is 0.641 bits per heavy atom. The van der Waals surface area contributed by atoms with Gasteiger partial charge in [-0.25, -0.2) is 0 Å². The zero-order chi connectivity index (χ0) is 28.1. The maximum absolute atomic E-state index is 12.3. The van der Waals surface area contributed by atoms with Gasteiger partial charge in [-0.1, -0.05) is 0 Å². The summed E-state index contributed by atoms with van der Waals surface area (Å²) in [7, 11) is 0. The Balaban J connectivity index is 1.32. The standard InChI is InChI=1S/C29H28O8Se2/c1-16-10-24-18(14-26(38-24)20(30)4-6-28(32)33)12-22(16)36-8-3-9-37-23-13-19-15-27(21(31)5-7-29(34)35)39-25(19)11-17(23)2/h10-15H,3-9H2,1-2H3,(H,32,33)(H,34,35). The van der Waals surface area contributed by atoms with Crippen LogP contribution in [0.3, 0.4) is 0 Å². The minimum atomic E-state index is -0.970. The van der Waals surface area contributed by atoms with E-state index < -0.39 is 11.9 Å². The van der Waals surface area contributed by atoms with E-state index in [4.69, 9.17) is 19.7 Å². The molecule has 0 aliphatic rings. The van der Waals surface area contributed by atoms with Gasteiger partial charge in [0.15, 0.2) is 0 Å². The number of ketones is 2. The van der Waals surface area contributed by atoms with Crippen molar-refractivity contribution in [3.63, 3.8) is 0 Å². The Morgan fingerprint density at radius 2 is 1.05 bits per heavy atom. The summed E-state index contributed by atoms with van der Waals surface area (Å²) in [5, 5.41) is 19.6. The van der Waals surface area contributed by atoms with Crippen LogP contribution in [0, 0.1) is 13.8 Å². The number of aliphatic carboxylic acids is 2. The Hall–Kier alpha value is -3.16. The van der Waals surface area contributed by atoms with Gasteiger partial charge in [0.25, 0.3) is 0 Å². The monoisotopic (exact) mass is 664 g/mol. The number of carbonyl (C=O) groups is 4. The first kappa shape index (κ1) is 28.8. The van der Waals surface area contributed by atoms with E-state index in [1.54, 1.807) is 0 Å². The molecule has 0 amide bonds. The molecule has 0 aliphatic carbocycles. The molecule has 0 bridgehead atoms.